The number of carbonyl (C=O) groups is 1. The molecule has 1 atom stereocenters. The smallest absolute Gasteiger partial charge is 0.387 e. The second-order valence-corrected chi connectivity index (χ2v) is 4.56. The van der Waals surface area contributed by atoms with Crippen LogP contribution in [0.15, 0.2) is 18.2 Å². The molecule has 1 amide bonds. The van der Waals surface area contributed by atoms with Crippen LogP contribution >= 0.6 is 11.6 Å². The first-order valence-corrected chi connectivity index (χ1v) is 6.52. The van der Waals surface area contributed by atoms with Crippen molar-refractivity contribution in [3.8, 4) is 5.75 Å². The highest BCUT2D eigenvalue weighted by molar-refractivity contribution is 6.31. The van der Waals surface area contributed by atoms with Crippen molar-refractivity contribution in [2.45, 2.75) is 32.5 Å². The minimum Gasteiger partial charge on any atom is -0.434 e. The third-order valence-corrected chi connectivity index (χ3v) is 2.87. The molecule has 1 aromatic rings. The second kappa shape index (κ2) is 8.01. The highest BCUT2D eigenvalue weighted by Crippen LogP contribution is 2.24. The molecule has 112 valence electrons. The van der Waals surface area contributed by atoms with E-state index in [0.29, 0.717) is 12.8 Å². The molecule has 0 heterocycles. The fourth-order valence-corrected chi connectivity index (χ4v) is 1.70. The van der Waals surface area contributed by atoms with E-state index >= 15 is 0 Å². The van der Waals surface area contributed by atoms with Crippen LogP contribution in [0.2, 0.25) is 5.02 Å². The summed E-state index contributed by atoms with van der Waals surface area (Å²) in [5, 5.41) is 12.1. The fourth-order valence-electron chi connectivity index (χ4n) is 1.53. The van der Waals surface area contributed by atoms with Crippen LogP contribution in [0.3, 0.4) is 0 Å². The third-order valence-electron chi connectivity index (χ3n) is 2.64. The molecule has 7 heteroatoms. The van der Waals surface area contributed by atoms with Gasteiger partial charge in [0.05, 0.1) is 11.7 Å². The maximum absolute atomic E-state index is 12.2. The second-order valence-electron chi connectivity index (χ2n) is 4.13. The molecule has 0 fully saturated rings. The number of hydrogen-bond acceptors (Lipinski definition) is 3. The van der Waals surface area contributed by atoms with Gasteiger partial charge in [-0.15, -0.1) is 0 Å². The minimum atomic E-state index is -3.02. The molecule has 0 radical (unpaired) electrons. The molecular formula is C13H16ClF2NO3. The summed E-state index contributed by atoms with van der Waals surface area (Å²) >= 11 is 5.74. The lowest BCUT2D eigenvalue weighted by atomic mass is 10.1. The van der Waals surface area contributed by atoms with Gasteiger partial charge in [-0.05, 0) is 31.0 Å². The van der Waals surface area contributed by atoms with E-state index in [4.69, 9.17) is 11.6 Å². The van der Waals surface area contributed by atoms with E-state index in [1.807, 2.05) is 6.92 Å². The van der Waals surface area contributed by atoms with Gasteiger partial charge in [0.25, 0.3) is 5.91 Å². The van der Waals surface area contributed by atoms with Crippen molar-refractivity contribution >= 4 is 17.5 Å². The number of carbonyl (C=O) groups excluding carboxylic acids is 1. The molecule has 0 aliphatic heterocycles. The van der Waals surface area contributed by atoms with Crippen LogP contribution in [0, 0.1) is 0 Å². The monoisotopic (exact) mass is 307 g/mol. The normalized spacial score (nSPS) is 12.3. The van der Waals surface area contributed by atoms with Crippen molar-refractivity contribution in [2.24, 2.45) is 0 Å². The molecule has 0 aromatic heterocycles. The largest absolute Gasteiger partial charge is 0.434 e. The highest BCUT2D eigenvalue weighted by atomic mass is 35.5. The van der Waals surface area contributed by atoms with Gasteiger partial charge in [-0.25, -0.2) is 0 Å². The van der Waals surface area contributed by atoms with E-state index in [9.17, 15) is 18.7 Å². The van der Waals surface area contributed by atoms with Gasteiger partial charge in [-0.2, -0.15) is 8.78 Å². The Kier molecular flexibility index (Phi) is 6.67. The summed E-state index contributed by atoms with van der Waals surface area (Å²) in [7, 11) is 0. The molecule has 0 spiro atoms. The number of aliphatic hydroxyl groups excluding tert-OH is 1. The van der Waals surface area contributed by atoms with Gasteiger partial charge >= 0.3 is 6.61 Å². The van der Waals surface area contributed by atoms with Crippen molar-refractivity contribution in [1.82, 2.24) is 5.32 Å². The number of aliphatic hydroxyl groups is 1. The number of rotatable bonds is 7. The Morgan fingerprint density at radius 1 is 1.50 bits per heavy atom. The molecular weight excluding hydrogens is 292 g/mol. The first kappa shape index (κ1) is 16.7. The lowest BCUT2D eigenvalue weighted by Gasteiger charge is -2.12. The first-order valence-electron chi connectivity index (χ1n) is 6.14. The number of benzene rings is 1. The number of alkyl halides is 2. The predicted molar refractivity (Wildman–Crippen MR) is 71.3 cm³/mol. The molecule has 20 heavy (non-hydrogen) atoms. The van der Waals surface area contributed by atoms with Gasteiger partial charge in [0.2, 0.25) is 0 Å². The zero-order valence-corrected chi connectivity index (χ0v) is 11.7. The molecule has 0 aliphatic carbocycles. The third kappa shape index (κ3) is 5.30. The van der Waals surface area contributed by atoms with Crippen molar-refractivity contribution in [3.63, 3.8) is 0 Å². The van der Waals surface area contributed by atoms with Crippen LogP contribution in [0.1, 0.15) is 30.1 Å². The van der Waals surface area contributed by atoms with Crippen LogP contribution in [0.5, 0.6) is 5.75 Å². The Morgan fingerprint density at radius 3 is 2.80 bits per heavy atom. The van der Waals surface area contributed by atoms with Gasteiger partial charge < -0.3 is 15.2 Å². The summed E-state index contributed by atoms with van der Waals surface area (Å²) in [6.07, 6.45) is 0.451. The predicted octanol–water partition coefficient (Wildman–Crippen LogP) is 2.83. The van der Waals surface area contributed by atoms with Crippen LogP contribution in [-0.4, -0.2) is 30.3 Å². The van der Waals surface area contributed by atoms with Crippen molar-refractivity contribution in [2.75, 3.05) is 6.54 Å². The SMILES string of the molecule is CCC(O)CCNC(=O)c1cc(Cl)ccc1OC(F)F. The van der Waals surface area contributed by atoms with Gasteiger partial charge in [0, 0.05) is 11.6 Å². The Morgan fingerprint density at radius 2 is 2.20 bits per heavy atom. The highest BCUT2D eigenvalue weighted by Gasteiger charge is 2.16. The number of hydrogen-bond donors (Lipinski definition) is 2. The van der Waals surface area contributed by atoms with Crippen LogP contribution < -0.4 is 10.1 Å². The van der Waals surface area contributed by atoms with Crippen LogP contribution in [-0.2, 0) is 0 Å². The van der Waals surface area contributed by atoms with Crippen LogP contribution in [0.4, 0.5) is 8.78 Å². The summed E-state index contributed by atoms with van der Waals surface area (Å²) in [5.41, 5.74) is -0.0659. The fraction of sp³-hybridized carbons (Fsp3) is 0.462. The van der Waals surface area contributed by atoms with Gasteiger partial charge in [-0.1, -0.05) is 18.5 Å². The standard InChI is InChI=1S/C13H16ClF2NO3/c1-2-9(18)5-6-17-12(19)10-7-8(14)3-4-11(10)20-13(15)16/h3-4,7,9,13,18H,2,5-6H2,1H3,(H,17,19). The summed E-state index contributed by atoms with van der Waals surface area (Å²) in [6, 6.07) is 3.83. The zero-order chi connectivity index (χ0) is 15.1. The molecule has 1 unspecified atom stereocenters. The summed E-state index contributed by atoms with van der Waals surface area (Å²) in [4.78, 5) is 11.9. The molecule has 0 aliphatic rings. The van der Waals surface area contributed by atoms with E-state index in [2.05, 4.69) is 10.1 Å². The molecule has 2 N–H and O–H groups in total. The Bertz CT molecular complexity index is 457. The summed E-state index contributed by atoms with van der Waals surface area (Å²) < 4.78 is 28.8. The van der Waals surface area contributed by atoms with E-state index in [1.165, 1.54) is 18.2 Å². The summed E-state index contributed by atoms with van der Waals surface area (Å²) in [5.74, 6) is -0.815. The number of amides is 1. The molecule has 1 aromatic carbocycles. The Balaban J connectivity index is 2.72. The van der Waals surface area contributed by atoms with Crippen LogP contribution in [0.25, 0.3) is 0 Å². The maximum Gasteiger partial charge on any atom is 0.387 e. The van der Waals surface area contributed by atoms with Gasteiger partial charge in [0.15, 0.2) is 0 Å². The average Bonchev–Trinajstić information content (AvgIpc) is 2.39. The Hall–Kier alpha value is -1.40. The van der Waals surface area contributed by atoms with E-state index in [1.54, 1.807) is 0 Å². The molecule has 1 rings (SSSR count). The quantitative estimate of drug-likeness (QED) is 0.814. The zero-order valence-electron chi connectivity index (χ0n) is 10.9. The van der Waals surface area contributed by atoms with Gasteiger partial charge in [-0.3, -0.25) is 4.79 Å². The minimum absolute atomic E-state index is 0.0659. The van der Waals surface area contributed by atoms with E-state index in [-0.39, 0.29) is 22.9 Å². The van der Waals surface area contributed by atoms with Crippen molar-refractivity contribution in [1.29, 1.82) is 0 Å². The van der Waals surface area contributed by atoms with E-state index in [0.717, 1.165) is 0 Å². The van der Waals surface area contributed by atoms with Crippen molar-refractivity contribution in [3.05, 3.63) is 28.8 Å². The average molecular weight is 308 g/mol. The summed E-state index contributed by atoms with van der Waals surface area (Å²) in [6.45, 7) is -0.975. The lowest BCUT2D eigenvalue weighted by molar-refractivity contribution is -0.0501. The molecule has 0 saturated heterocycles. The first-order chi connectivity index (χ1) is 9.43. The topological polar surface area (TPSA) is 58.6 Å². The lowest BCUT2D eigenvalue weighted by Crippen LogP contribution is -2.27. The molecule has 0 bridgehead atoms. The number of halogens is 3. The molecule has 0 saturated carbocycles. The van der Waals surface area contributed by atoms with E-state index < -0.39 is 18.6 Å². The molecule has 4 nitrogen and oxygen atoms in total. The number of ether oxygens (including phenoxy) is 1. The van der Waals surface area contributed by atoms with Gasteiger partial charge in [0.1, 0.15) is 5.75 Å². The van der Waals surface area contributed by atoms with Crippen molar-refractivity contribution < 1.29 is 23.4 Å². The maximum atomic E-state index is 12.2. The Labute approximate surface area is 120 Å². The number of nitrogens with one attached hydrogen (secondary N) is 1.